The normalized spacial score (nSPS) is 15.4. The predicted octanol–water partition coefficient (Wildman–Crippen LogP) is 4.51. The molecule has 4 nitrogen and oxygen atoms in total. The fourth-order valence-electron chi connectivity index (χ4n) is 3.93. The highest BCUT2D eigenvalue weighted by Crippen LogP contribution is 2.24. The smallest absolute Gasteiger partial charge is 0.253 e. The molecule has 2 aromatic carbocycles. The monoisotopic (exact) mass is 361 g/mol. The molecule has 0 unspecified atom stereocenters. The van der Waals surface area contributed by atoms with Gasteiger partial charge in [-0.3, -0.25) is 4.79 Å². The highest BCUT2D eigenvalue weighted by Gasteiger charge is 2.24. The van der Waals surface area contributed by atoms with E-state index in [4.69, 9.17) is 0 Å². The van der Waals surface area contributed by atoms with Crippen molar-refractivity contribution in [1.82, 2.24) is 14.5 Å². The third kappa shape index (κ3) is 3.61. The van der Waals surface area contributed by atoms with Gasteiger partial charge in [0.15, 0.2) is 0 Å². The topological polar surface area (TPSA) is 38.1 Å². The summed E-state index contributed by atoms with van der Waals surface area (Å²) in [7, 11) is 0. The van der Waals surface area contributed by atoms with Gasteiger partial charge in [-0.1, -0.05) is 17.7 Å². The number of piperidine rings is 1. The van der Waals surface area contributed by atoms with Crippen LogP contribution in [-0.2, 0) is 6.54 Å². The zero-order valence-corrected chi connectivity index (χ0v) is 16.4. The van der Waals surface area contributed by atoms with E-state index < -0.39 is 0 Å². The third-order valence-electron chi connectivity index (χ3n) is 5.89. The number of fused-ring (bicyclic) bond motifs is 1. The molecule has 1 aliphatic heterocycles. The summed E-state index contributed by atoms with van der Waals surface area (Å²) in [5.74, 6) is 0.749. The maximum Gasteiger partial charge on any atom is 0.253 e. The minimum absolute atomic E-state index is 0.160. The van der Waals surface area contributed by atoms with Crippen molar-refractivity contribution in [3.63, 3.8) is 0 Å². The van der Waals surface area contributed by atoms with Crippen LogP contribution < -0.4 is 0 Å². The van der Waals surface area contributed by atoms with Crippen LogP contribution in [-0.4, -0.2) is 33.4 Å². The number of hydrogen-bond donors (Lipinski definition) is 0. The third-order valence-corrected chi connectivity index (χ3v) is 5.89. The van der Waals surface area contributed by atoms with E-state index in [9.17, 15) is 4.79 Å². The van der Waals surface area contributed by atoms with Gasteiger partial charge in [-0.05, 0) is 74.9 Å². The maximum absolute atomic E-state index is 12.7. The minimum atomic E-state index is 0.160. The molecule has 0 bridgehead atoms. The average molecular weight is 361 g/mol. The Morgan fingerprint density at radius 3 is 2.41 bits per heavy atom. The van der Waals surface area contributed by atoms with Gasteiger partial charge in [0.1, 0.15) is 0 Å². The number of amides is 1. The van der Waals surface area contributed by atoms with Gasteiger partial charge in [0.05, 0.1) is 17.4 Å². The second-order valence-corrected chi connectivity index (χ2v) is 7.92. The fraction of sp³-hybridized carbons (Fsp3) is 0.391. The van der Waals surface area contributed by atoms with Gasteiger partial charge >= 0.3 is 0 Å². The standard InChI is InChI=1S/C23H27N3O/c1-16-4-6-20(7-5-16)23(27)25-10-8-19(9-11-25)14-26-15-24-21-12-17(2)18(3)13-22(21)26/h4-7,12-13,15,19H,8-11,14H2,1-3H3. The van der Waals surface area contributed by atoms with Gasteiger partial charge in [0.2, 0.25) is 0 Å². The lowest BCUT2D eigenvalue weighted by Crippen LogP contribution is -2.39. The Balaban J connectivity index is 1.40. The Morgan fingerprint density at radius 1 is 1.04 bits per heavy atom. The van der Waals surface area contributed by atoms with Gasteiger partial charge in [0.25, 0.3) is 5.91 Å². The first kappa shape index (κ1) is 17.8. The number of rotatable bonds is 3. The second-order valence-electron chi connectivity index (χ2n) is 7.92. The second kappa shape index (κ2) is 7.18. The zero-order valence-electron chi connectivity index (χ0n) is 16.4. The van der Waals surface area contributed by atoms with E-state index in [1.54, 1.807) is 0 Å². The van der Waals surface area contributed by atoms with Gasteiger partial charge in [-0.25, -0.2) is 4.98 Å². The van der Waals surface area contributed by atoms with Crippen molar-refractivity contribution in [2.24, 2.45) is 5.92 Å². The molecule has 0 N–H and O–H groups in total. The lowest BCUT2D eigenvalue weighted by molar-refractivity contribution is 0.0683. The summed E-state index contributed by atoms with van der Waals surface area (Å²) in [5, 5.41) is 0. The van der Waals surface area contributed by atoms with Gasteiger partial charge < -0.3 is 9.47 Å². The van der Waals surface area contributed by atoms with E-state index in [1.165, 1.54) is 22.2 Å². The lowest BCUT2D eigenvalue weighted by Gasteiger charge is -2.32. The van der Waals surface area contributed by atoms with Crippen LogP contribution in [0.3, 0.4) is 0 Å². The zero-order chi connectivity index (χ0) is 19.0. The number of aromatic nitrogens is 2. The Bertz CT molecular complexity index is 963. The molecule has 0 radical (unpaired) electrons. The largest absolute Gasteiger partial charge is 0.339 e. The van der Waals surface area contributed by atoms with Crippen molar-refractivity contribution in [3.8, 4) is 0 Å². The number of hydrogen-bond acceptors (Lipinski definition) is 2. The molecule has 27 heavy (non-hydrogen) atoms. The van der Waals surface area contributed by atoms with Crippen LogP contribution in [0.15, 0.2) is 42.7 Å². The number of carbonyl (C=O) groups excluding carboxylic acids is 1. The SMILES string of the molecule is Cc1ccc(C(=O)N2CCC(Cn3cnc4cc(C)c(C)cc43)CC2)cc1. The molecule has 4 rings (SSSR count). The summed E-state index contributed by atoms with van der Waals surface area (Å²) >= 11 is 0. The lowest BCUT2D eigenvalue weighted by atomic mass is 9.96. The molecule has 2 heterocycles. The maximum atomic E-state index is 12.7. The molecule has 1 saturated heterocycles. The summed E-state index contributed by atoms with van der Waals surface area (Å²) in [4.78, 5) is 19.3. The van der Waals surface area contributed by atoms with Crippen molar-refractivity contribution in [2.45, 2.75) is 40.2 Å². The number of aryl methyl sites for hydroxylation is 3. The van der Waals surface area contributed by atoms with Crippen LogP contribution in [0.1, 0.15) is 39.9 Å². The summed E-state index contributed by atoms with van der Waals surface area (Å²) in [5.41, 5.74) is 6.87. The number of likely N-dealkylation sites (tertiary alicyclic amines) is 1. The first-order chi connectivity index (χ1) is 13.0. The average Bonchev–Trinajstić information content (AvgIpc) is 3.04. The van der Waals surface area contributed by atoms with Crippen molar-refractivity contribution in [2.75, 3.05) is 13.1 Å². The van der Waals surface area contributed by atoms with E-state index in [2.05, 4.69) is 35.5 Å². The molecule has 0 aliphatic carbocycles. The number of carbonyl (C=O) groups is 1. The molecule has 0 atom stereocenters. The van der Waals surface area contributed by atoms with Gasteiger partial charge in [-0.15, -0.1) is 0 Å². The predicted molar refractivity (Wildman–Crippen MR) is 109 cm³/mol. The Labute approximate surface area is 160 Å². The molecule has 1 aromatic heterocycles. The number of benzene rings is 2. The molecule has 3 aromatic rings. The molecule has 1 aliphatic rings. The van der Waals surface area contributed by atoms with E-state index in [-0.39, 0.29) is 5.91 Å². The van der Waals surface area contributed by atoms with Crippen LogP contribution in [0.4, 0.5) is 0 Å². The van der Waals surface area contributed by atoms with Crippen molar-refractivity contribution in [1.29, 1.82) is 0 Å². The quantitative estimate of drug-likeness (QED) is 0.688. The molecule has 0 saturated carbocycles. The molecule has 140 valence electrons. The van der Waals surface area contributed by atoms with Crippen molar-refractivity contribution >= 4 is 16.9 Å². The van der Waals surface area contributed by atoms with E-state index >= 15 is 0 Å². The highest BCUT2D eigenvalue weighted by molar-refractivity contribution is 5.94. The van der Waals surface area contributed by atoms with E-state index in [1.807, 2.05) is 42.4 Å². The van der Waals surface area contributed by atoms with E-state index in [0.29, 0.717) is 5.92 Å². The van der Waals surface area contributed by atoms with Crippen LogP contribution in [0.25, 0.3) is 11.0 Å². The van der Waals surface area contributed by atoms with Crippen LogP contribution in [0.2, 0.25) is 0 Å². The van der Waals surface area contributed by atoms with Crippen molar-refractivity contribution in [3.05, 3.63) is 65.0 Å². The molecule has 1 fully saturated rings. The summed E-state index contributed by atoms with van der Waals surface area (Å²) in [6.07, 6.45) is 4.05. The number of nitrogens with zero attached hydrogens (tertiary/aromatic N) is 3. The van der Waals surface area contributed by atoms with Crippen molar-refractivity contribution < 1.29 is 4.79 Å². The Kier molecular flexibility index (Phi) is 4.73. The minimum Gasteiger partial charge on any atom is -0.339 e. The first-order valence-corrected chi connectivity index (χ1v) is 9.79. The first-order valence-electron chi connectivity index (χ1n) is 9.79. The Morgan fingerprint density at radius 2 is 1.70 bits per heavy atom. The molecule has 0 spiro atoms. The summed E-state index contributed by atoms with van der Waals surface area (Å²) in [6, 6.07) is 12.3. The van der Waals surface area contributed by atoms with Gasteiger partial charge in [-0.2, -0.15) is 0 Å². The summed E-state index contributed by atoms with van der Waals surface area (Å²) < 4.78 is 2.28. The molecular weight excluding hydrogens is 334 g/mol. The highest BCUT2D eigenvalue weighted by atomic mass is 16.2. The van der Waals surface area contributed by atoms with E-state index in [0.717, 1.165) is 43.6 Å². The molecule has 1 amide bonds. The van der Waals surface area contributed by atoms with Crippen LogP contribution >= 0.6 is 0 Å². The summed E-state index contributed by atoms with van der Waals surface area (Å²) in [6.45, 7) is 8.98. The Hall–Kier alpha value is -2.62. The fourth-order valence-corrected chi connectivity index (χ4v) is 3.93. The molecular formula is C23H27N3O. The molecule has 4 heteroatoms. The van der Waals surface area contributed by atoms with Gasteiger partial charge in [0, 0.05) is 25.2 Å². The number of imidazole rings is 1. The van der Waals surface area contributed by atoms with Crippen LogP contribution in [0.5, 0.6) is 0 Å². The van der Waals surface area contributed by atoms with Crippen LogP contribution in [0, 0.1) is 26.7 Å².